The van der Waals surface area contributed by atoms with Crippen LogP contribution in [0, 0.1) is 15.9 Å². The number of amides is 1. The van der Waals surface area contributed by atoms with E-state index in [1.807, 2.05) is 24.3 Å². The minimum absolute atomic E-state index is 0.0679. The van der Waals surface area contributed by atoms with Crippen LogP contribution in [0.2, 0.25) is 0 Å². The Balaban J connectivity index is 1.80. The number of anilines is 1. The summed E-state index contributed by atoms with van der Waals surface area (Å²) in [5.41, 5.74) is 0.785. The monoisotopic (exact) mass is 374 g/mol. The molecule has 0 radical (unpaired) electrons. The van der Waals surface area contributed by atoms with Gasteiger partial charge in [0.1, 0.15) is 11.6 Å². The number of non-ortho nitro benzene ring substituents is 1. The van der Waals surface area contributed by atoms with Crippen LogP contribution in [0.1, 0.15) is 39.2 Å². The Morgan fingerprint density at radius 1 is 1.19 bits per heavy atom. The maximum absolute atomic E-state index is 13.7. The Bertz CT molecular complexity index is 814. The summed E-state index contributed by atoms with van der Waals surface area (Å²) >= 11 is 0. The van der Waals surface area contributed by atoms with Crippen molar-refractivity contribution in [2.24, 2.45) is 0 Å². The molecule has 0 unspecified atom stereocenters. The lowest BCUT2D eigenvalue weighted by Gasteiger charge is -2.19. The molecule has 0 spiro atoms. The van der Waals surface area contributed by atoms with Gasteiger partial charge in [-0.15, -0.1) is 0 Å². The van der Waals surface area contributed by atoms with Gasteiger partial charge in [-0.05, 0) is 35.6 Å². The van der Waals surface area contributed by atoms with Crippen molar-refractivity contribution < 1.29 is 18.8 Å². The zero-order chi connectivity index (χ0) is 20.0. The molecule has 0 aromatic heterocycles. The number of halogens is 1. The smallest absolute Gasteiger partial charge is 0.271 e. The van der Waals surface area contributed by atoms with Crippen LogP contribution < -0.4 is 10.1 Å². The van der Waals surface area contributed by atoms with E-state index < -0.39 is 16.6 Å². The van der Waals surface area contributed by atoms with E-state index in [4.69, 9.17) is 4.74 Å². The van der Waals surface area contributed by atoms with E-state index in [-0.39, 0.29) is 23.2 Å². The highest BCUT2D eigenvalue weighted by Crippen LogP contribution is 2.24. The predicted molar refractivity (Wildman–Crippen MR) is 102 cm³/mol. The Morgan fingerprint density at radius 3 is 2.44 bits per heavy atom. The second-order valence-corrected chi connectivity index (χ2v) is 7.20. The van der Waals surface area contributed by atoms with Gasteiger partial charge in [0.05, 0.1) is 17.2 Å². The molecule has 2 aromatic rings. The first-order chi connectivity index (χ1) is 12.7. The van der Waals surface area contributed by atoms with Gasteiger partial charge < -0.3 is 10.1 Å². The lowest BCUT2D eigenvalue weighted by Crippen LogP contribution is -2.14. The summed E-state index contributed by atoms with van der Waals surface area (Å²) in [4.78, 5) is 22.0. The standard InChI is InChI=1S/C20H23FN2O4/c1-20(2,3)14-6-9-16(10-7-14)27-12-4-5-19(24)22-18-13-15(23(25)26)8-11-17(18)21/h6-11,13H,4-5,12H2,1-3H3,(H,22,24). The van der Waals surface area contributed by atoms with E-state index in [9.17, 15) is 19.3 Å². The first-order valence-corrected chi connectivity index (χ1v) is 8.64. The SMILES string of the molecule is CC(C)(C)c1ccc(OCCCC(=O)Nc2cc([N+](=O)[O-])ccc2F)cc1. The third-order valence-corrected chi connectivity index (χ3v) is 3.97. The molecule has 0 fully saturated rings. The van der Waals surface area contributed by atoms with Gasteiger partial charge in [-0.3, -0.25) is 14.9 Å². The molecule has 0 aliphatic rings. The predicted octanol–water partition coefficient (Wildman–Crippen LogP) is 4.83. The maximum atomic E-state index is 13.7. The molecular formula is C20H23FN2O4. The summed E-state index contributed by atoms with van der Waals surface area (Å²) in [6.45, 7) is 6.72. The van der Waals surface area contributed by atoms with Crippen molar-refractivity contribution in [2.75, 3.05) is 11.9 Å². The second kappa shape index (κ2) is 8.62. The lowest BCUT2D eigenvalue weighted by atomic mass is 9.87. The van der Waals surface area contributed by atoms with Gasteiger partial charge in [-0.1, -0.05) is 32.9 Å². The molecule has 1 N–H and O–H groups in total. The third kappa shape index (κ3) is 6.06. The summed E-state index contributed by atoms with van der Waals surface area (Å²) in [6, 6.07) is 10.8. The first-order valence-electron chi connectivity index (χ1n) is 8.64. The number of nitrogens with one attached hydrogen (secondary N) is 1. The summed E-state index contributed by atoms with van der Waals surface area (Å²) in [6.07, 6.45) is 0.547. The van der Waals surface area contributed by atoms with Crippen molar-refractivity contribution in [1.29, 1.82) is 0 Å². The minimum Gasteiger partial charge on any atom is -0.494 e. The average Bonchev–Trinajstić information content (AvgIpc) is 2.60. The molecule has 1 amide bonds. The number of benzene rings is 2. The van der Waals surface area contributed by atoms with Crippen molar-refractivity contribution >= 4 is 17.3 Å². The quantitative estimate of drug-likeness (QED) is 0.428. The normalized spacial score (nSPS) is 11.1. The van der Waals surface area contributed by atoms with E-state index in [0.29, 0.717) is 18.8 Å². The van der Waals surface area contributed by atoms with E-state index >= 15 is 0 Å². The molecule has 0 saturated carbocycles. The summed E-state index contributed by atoms with van der Waals surface area (Å²) in [7, 11) is 0. The number of rotatable bonds is 7. The van der Waals surface area contributed by atoms with Crippen LogP contribution in [0.5, 0.6) is 5.75 Å². The zero-order valence-electron chi connectivity index (χ0n) is 15.6. The number of hydrogen-bond donors (Lipinski definition) is 1. The molecule has 27 heavy (non-hydrogen) atoms. The fraction of sp³-hybridized carbons (Fsp3) is 0.350. The van der Waals surface area contributed by atoms with Crippen LogP contribution in [0.3, 0.4) is 0 Å². The molecule has 6 nitrogen and oxygen atoms in total. The summed E-state index contributed by atoms with van der Waals surface area (Å²) < 4.78 is 19.3. The minimum atomic E-state index is -0.718. The Morgan fingerprint density at radius 2 is 1.85 bits per heavy atom. The molecule has 0 atom stereocenters. The van der Waals surface area contributed by atoms with Gasteiger partial charge in [0.15, 0.2) is 0 Å². The fourth-order valence-corrected chi connectivity index (χ4v) is 2.41. The lowest BCUT2D eigenvalue weighted by molar-refractivity contribution is -0.384. The largest absolute Gasteiger partial charge is 0.494 e. The molecule has 7 heteroatoms. The number of ether oxygens (including phenoxy) is 1. The van der Waals surface area contributed by atoms with Crippen LogP contribution in [0.25, 0.3) is 0 Å². The molecule has 144 valence electrons. The van der Waals surface area contributed by atoms with Gasteiger partial charge in [-0.25, -0.2) is 4.39 Å². The Kier molecular flexibility index (Phi) is 6.50. The summed E-state index contributed by atoms with van der Waals surface area (Å²) in [5.74, 6) is -0.432. The van der Waals surface area contributed by atoms with Gasteiger partial charge in [-0.2, -0.15) is 0 Å². The van der Waals surface area contributed by atoms with E-state index in [2.05, 4.69) is 26.1 Å². The van der Waals surface area contributed by atoms with E-state index in [0.717, 1.165) is 18.2 Å². The number of carbonyl (C=O) groups is 1. The molecule has 0 aliphatic carbocycles. The van der Waals surface area contributed by atoms with Crippen LogP contribution in [-0.4, -0.2) is 17.4 Å². The van der Waals surface area contributed by atoms with Gasteiger partial charge in [0.25, 0.3) is 5.69 Å². The summed E-state index contributed by atoms with van der Waals surface area (Å²) in [5, 5.41) is 13.1. The topological polar surface area (TPSA) is 81.5 Å². The van der Waals surface area contributed by atoms with Gasteiger partial charge in [0, 0.05) is 18.6 Å². The van der Waals surface area contributed by atoms with Crippen molar-refractivity contribution in [3.8, 4) is 5.75 Å². The number of nitro benzene ring substituents is 1. The molecule has 0 aliphatic heterocycles. The van der Waals surface area contributed by atoms with E-state index in [1.54, 1.807) is 0 Å². The van der Waals surface area contributed by atoms with Crippen LogP contribution in [0.4, 0.5) is 15.8 Å². The molecule has 2 aromatic carbocycles. The fourth-order valence-electron chi connectivity index (χ4n) is 2.41. The maximum Gasteiger partial charge on any atom is 0.271 e. The average molecular weight is 374 g/mol. The Labute approximate surface area is 157 Å². The number of carbonyl (C=O) groups excluding carboxylic acids is 1. The van der Waals surface area contributed by atoms with Crippen molar-refractivity contribution in [3.63, 3.8) is 0 Å². The van der Waals surface area contributed by atoms with Gasteiger partial charge >= 0.3 is 0 Å². The van der Waals surface area contributed by atoms with Crippen molar-refractivity contribution in [2.45, 2.75) is 39.0 Å². The molecule has 2 rings (SSSR count). The highest BCUT2D eigenvalue weighted by Gasteiger charge is 2.14. The highest BCUT2D eigenvalue weighted by atomic mass is 19.1. The first kappa shape index (κ1) is 20.4. The third-order valence-electron chi connectivity index (χ3n) is 3.97. The molecular weight excluding hydrogens is 351 g/mol. The second-order valence-electron chi connectivity index (χ2n) is 7.20. The van der Waals surface area contributed by atoms with Crippen LogP contribution in [-0.2, 0) is 10.2 Å². The van der Waals surface area contributed by atoms with Crippen molar-refractivity contribution in [1.82, 2.24) is 0 Å². The number of nitro groups is 1. The number of nitrogens with zero attached hydrogens (tertiary/aromatic N) is 1. The molecule has 0 bridgehead atoms. The number of hydrogen-bond acceptors (Lipinski definition) is 4. The Hall–Kier alpha value is -2.96. The van der Waals surface area contributed by atoms with E-state index in [1.165, 1.54) is 5.56 Å². The molecule has 0 heterocycles. The molecule has 0 saturated heterocycles. The van der Waals surface area contributed by atoms with Crippen LogP contribution in [0.15, 0.2) is 42.5 Å². The van der Waals surface area contributed by atoms with Crippen molar-refractivity contribution in [3.05, 3.63) is 64.0 Å². The highest BCUT2D eigenvalue weighted by molar-refractivity contribution is 5.91. The van der Waals surface area contributed by atoms with Crippen LogP contribution >= 0.6 is 0 Å². The van der Waals surface area contributed by atoms with Gasteiger partial charge in [0.2, 0.25) is 5.91 Å². The zero-order valence-corrected chi connectivity index (χ0v) is 15.6.